The normalized spacial score (nSPS) is 14.5. The molecule has 0 rings (SSSR count). The Morgan fingerprint density at radius 2 is 1.58 bits per heavy atom. The number of hydrogen-bond acceptors (Lipinski definition) is 3. The van der Waals surface area contributed by atoms with Gasteiger partial charge >= 0.3 is 0 Å². The third-order valence-corrected chi connectivity index (χ3v) is 1.42. The number of hydrogen-bond donors (Lipinski definition) is 2. The molecular formula is C9H22O3. The molecule has 0 aromatic carbocycles. The summed E-state index contributed by atoms with van der Waals surface area (Å²) in [6.07, 6.45) is 1.24. The molecule has 0 aliphatic rings. The van der Waals surface area contributed by atoms with Crippen LogP contribution in [0.15, 0.2) is 0 Å². The van der Waals surface area contributed by atoms with Crippen molar-refractivity contribution in [2.24, 2.45) is 0 Å². The molecule has 0 aliphatic carbocycles. The van der Waals surface area contributed by atoms with Crippen molar-refractivity contribution in [1.82, 2.24) is 0 Å². The van der Waals surface area contributed by atoms with E-state index in [0.29, 0.717) is 6.61 Å². The van der Waals surface area contributed by atoms with E-state index in [-0.39, 0.29) is 12.2 Å². The summed E-state index contributed by atoms with van der Waals surface area (Å²) < 4.78 is 4.64. The van der Waals surface area contributed by atoms with Crippen molar-refractivity contribution in [3.8, 4) is 0 Å². The molecule has 2 N–H and O–H groups in total. The molecule has 76 valence electrons. The Morgan fingerprint density at radius 1 is 1.17 bits per heavy atom. The first-order valence-electron chi connectivity index (χ1n) is 4.43. The van der Waals surface area contributed by atoms with E-state index in [9.17, 15) is 0 Å². The molecule has 0 amide bonds. The maximum atomic E-state index is 8.73. The van der Waals surface area contributed by atoms with Crippen LogP contribution in [0.1, 0.15) is 33.6 Å². The van der Waals surface area contributed by atoms with E-state index < -0.39 is 0 Å². The summed E-state index contributed by atoms with van der Waals surface area (Å²) in [5.74, 6) is 0. The first-order valence-corrected chi connectivity index (χ1v) is 4.43. The van der Waals surface area contributed by atoms with Gasteiger partial charge < -0.3 is 14.9 Å². The molecule has 2 unspecified atom stereocenters. The molecule has 0 fully saturated rings. The zero-order valence-electron chi connectivity index (χ0n) is 8.58. The van der Waals surface area contributed by atoms with E-state index >= 15 is 0 Å². The Morgan fingerprint density at radius 3 is 1.67 bits per heavy atom. The Bertz CT molecular complexity index is 74.2. The van der Waals surface area contributed by atoms with E-state index in [4.69, 9.17) is 10.2 Å². The Kier molecular flexibility index (Phi) is 13.1. The van der Waals surface area contributed by atoms with Crippen molar-refractivity contribution in [3.05, 3.63) is 0 Å². The third kappa shape index (κ3) is 16.5. The average Bonchev–Trinajstić information content (AvgIpc) is 2.06. The predicted octanol–water partition coefficient (Wildman–Crippen LogP) is 1.18. The molecule has 0 spiro atoms. The van der Waals surface area contributed by atoms with Gasteiger partial charge in [-0.2, -0.15) is 0 Å². The lowest BCUT2D eigenvalue weighted by Gasteiger charge is -2.02. The zero-order valence-corrected chi connectivity index (χ0v) is 8.58. The summed E-state index contributed by atoms with van der Waals surface area (Å²) in [6.45, 7) is 6.10. The van der Waals surface area contributed by atoms with Gasteiger partial charge in [0.15, 0.2) is 0 Å². The van der Waals surface area contributed by atoms with Crippen LogP contribution in [-0.2, 0) is 4.74 Å². The topological polar surface area (TPSA) is 49.7 Å². The van der Waals surface area contributed by atoms with Crippen molar-refractivity contribution in [3.63, 3.8) is 0 Å². The number of methoxy groups -OCH3 is 1. The van der Waals surface area contributed by atoms with E-state index in [2.05, 4.69) is 4.74 Å². The largest absolute Gasteiger partial charge is 0.393 e. The average molecular weight is 178 g/mol. The van der Waals surface area contributed by atoms with Crippen LogP contribution in [-0.4, -0.2) is 36.1 Å². The molecule has 0 saturated heterocycles. The van der Waals surface area contributed by atoms with Crippen LogP contribution < -0.4 is 0 Å². The van der Waals surface area contributed by atoms with Gasteiger partial charge in [-0.25, -0.2) is 0 Å². The van der Waals surface area contributed by atoms with Crippen molar-refractivity contribution in [2.45, 2.75) is 45.8 Å². The number of aliphatic hydroxyl groups is 2. The van der Waals surface area contributed by atoms with Crippen LogP contribution in [0.3, 0.4) is 0 Å². The fraction of sp³-hybridized carbons (Fsp3) is 1.00. The number of ether oxygens (including phenoxy) is 1. The van der Waals surface area contributed by atoms with Crippen molar-refractivity contribution >= 4 is 0 Å². The zero-order chi connectivity index (χ0) is 9.98. The molecule has 0 aliphatic heterocycles. The van der Waals surface area contributed by atoms with E-state index in [0.717, 1.165) is 12.8 Å². The van der Waals surface area contributed by atoms with Crippen LogP contribution >= 0.6 is 0 Å². The smallest absolute Gasteiger partial charge is 0.0770 e. The molecule has 0 saturated carbocycles. The Balaban J connectivity index is 0. The summed E-state index contributed by atoms with van der Waals surface area (Å²) in [5.41, 5.74) is 0. The molecule has 2 atom stereocenters. The fourth-order valence-corrected chi connectivity index (χ4v) is 0.310. The SMILES string of the molecule is CCC(C)O.CCC(O)COC. The highest BCUT2D eigenvalue weighted by Crippen LogP contribution is 1.87. The van der Waals surface area contributed by atoms with Gasteiger partial charge in [0.25, 0.3) is 0 Å². The second kappa shape index (κ2) is 10.9. The van der Waals surface area contributed by atoms with E-state index in [1.54, 1.807) is 14.0 Å². The van der Waals surface area contributed by atoms with Gasteiger partial charge in [0.1, 0.15) is 0 Å². The lowest BCUT2D eigenvalue weighted by Crippen LogP contribution is -2.11. The second-order valence-corrected chi connectivity index (χ2v) is 2.77. The summed E-state index contributed by atoms with van der Waals surface area (Å²) in [5, 5.41) is 17.1. The molecule has 0 aromatic rings. The highest BCUT2D eigenvalue weighted by molar-refractivity contribution is 4.45. The van der Waals surface area contributed by atoms with Gasteiger partial charge in [-0.3, -0.25) is 0 Å². The lowest BCUT2D eigenvalue weighted by molar-refractivity contribution is 0.0625. The Labute approximate surface area is 75.4 Å². The van der Waals surface area contributed by atoms with Gasteiger partial charge in [-0.05, 0) is 19.8 Å². The standard InChI is InChI=1S/C5H12O2.C4H10O/c1-3-5(6)4-7-2;1-3-4(2)5/h5-6H,3-4H2,1-2H3;4-5H,3H2,1-2H3. The summed E-state index contributed by atoms with van der Waals surface area (Å²) in [6, 6.07) is 0. The van der Waals surface area contributed by atoms with Gasteiger partial charge in [-0.1, -0.05) is 13.8 Å². The molecule has 0 aromatic heterocycles. The van der Waals surface area contributed by atoms with Gasteiger partial charge in [-0.15, -0.1) is 0 Å². The van der Waals surface area contributed by atoms with Crippen molar-refractivity contribution < 1.29 is 14.9 Å². The fourth-order valence-electron chi connectivity index (χ4n) is 0.310. The monoisotopic (exact) mass is 178 g/mol. The van der Waals surface area contributed by atoms with Crippen molar-refractivity contribution in [2.75, 3.05) is 13.7 Å². The molecule has 3 heteroatoms. The predicted molar refractivity (Wildman–Crippen MR) is 50.1 cm³/mol. The first kappa shape index (κ1) is 14.4. The summed E-state index contributed by atoms with van der Waals surface area (Å²) in [7, 11) is 1.58. The molecule has 3 nitrogen and oxygen atoms in total. The first-order chi connectivity index (χ1) is 5.58. The maximum Gasteiger partial charge on any atom is 0.0770 e. The van der Waals surface area contributed by atoms with Crippen LogP contribution in [0.5, 0.6) is 0 Å². The molecule has 0 radical (unpaired) electrons. The van der Waals surface area contributed by atoms with Crippen molar-refractivity contribution in [1.29, 1.82) is 0 Å². The minimum atomic E-state index is -0.273. The Hall–Kier alpha value is -0.120. The van der Waals surface area contributed by atoms with Crippen LogP contribution in [0.25, 0.3) is 0 Å². The summed E-state index contributed by atoms with van der Waals surface area (Å²) >= 11 is 0. The van der Waals surface area contributed by atoms with Gasteiger partial charge in [0.2, 0.25) is 0 Å². The van der Waals surface area contributed by atoms with Crippen LogP contribution in [0.4, 0.5) is 0 Å². The minimum Gasteiger partial charge on any atom is -0.393 e. The quantitative estimate of drug-likeness (QED) is 0.679. The number of rotatable bonds is 4. The van der Waals surface area contributed by atoms with E-state index in [1.807, 2.05) is 13.8 Å². The molecule has 0 heterocycles. The molecule has 12 heavy (non-hydrogen) atoms. The van der Waals surface area contributed by atoms with Crippen LogP contribution in [0.2, 0.25) is 0 Å². The minimum absolute atomic E-state index is 0.116. The second-order valence-electron chi connectivity index (χ2n) is 2.77. The number of aliphatic hydroxyl groups excluding tert-OH is 2. The van der Waals surface area contributed by atoms with Crippen LogP contribution in [0, 0.1) is 0 Å². The highest BCUT2D eigenvalue weighted by atomic mass is 16.5. The molecular weight excluding hydrogens is 156 g/mol. The van der Waals surface area contributed by atoms with E-state index in [1.165, 1.54) is 0 Å². The third-order valence-electron chi connectivity index (χ3n) is 1.42. The summed E-state index contributed by atoms with van der Waals surface area (Å²) in [4.78, 5) is 0. The highest BCUT2D eigenvalue weighted by Gasteiger charge is 1.95. The molecule has 0 bridgehead atoms. The maximum absolute atomic E-state index is 8.73. The van der Waals surface area contributed by atoms with Gasteiger partial charge in [0, 0.05) is 7.11 Å². The van der Waals surface area contributed by atoms with Gasteiger partial charge in [0.05, 0.1) is 18.8 Å². The lowest BCUT2D eigenvalue weighted by atomic mass is 10.3.